The Morgan fingerprint density at radius 2 is 1.77 bits per heavy atom. The van der Waals surface area contributed by atoms with Crippen molar-refractivity contribution < 1.29 is 19.4 Å². The predicted octanol–water partition coefficient (Wildman–Crippen LogP) is 3.59. The molecular formula is C24H30N2O4. The first-order valence-corrected chi connectivity index (χ1v) is 10.3. The van der Waals surface area contributed by atoms with Gasteiger partial charge in [-0.05, 0) is 37.5 Å². The molecule has 0 saturated carbocycles. The molecule has 0 aromatic heterocycles. The Bertz CT molecular complexity index is 859. The van der Waals surface area contributed by atoms with Crippen LogP contribution in [0.2, 0.25) is 0 Å². The number of carbonyl (C=O) groups excluding carboxylic acids is 2. The number of carbonyl (C=O) groups is 2. The van der Waals surface area contributed by atoms with Gasteiger partial charge >= 0.3 is 6.09 Å². The first kappa shape index (κ1) is 21.8. The minimum atomic E-state index is -0.601. The number of aliphatic hydroxyl groups excluding tert-OH is 1. The van der Waals surface area contributed by atoms with Crippen molar-refractivity contribution in [2.45, 2.75) is 57.9 Å². The number of hydrogen-bond donors (Lipinski definition) is 2. The molecule has 1 fully saturated rings. The number of alkyl carbamates (subject to hydrolysis) is 1. The van der Waals surface area contributed by atoms with Crippen molar-refractivity contribution in [2.24, 2.45) is 0 Å². The van der Waals surface area contributed by atoms with Crippen LogP contribution < -0.4 is 5.32 Å². The second-order valence-corrected chi connectivity index (χ2v) is 8.72. The number of nitrogens with one attached hydrogen (secondary N) is 1. The molecule has 160 valence electrons. The zero-order valence-corrected chi connectivity index (χ0v) is 17.8. The molecule has 1 aliphatic rings. The Kier molecular flexibility index (Phi) is 6.77. The fourth-order valence-electron chi connectivity index (χ4n) is 3.71. The van der Waals surface area contributed by atoms with Crippen LogP contribution in [0.4, 0.5) is 4.79 Å². The third-order valence-electron chi connectivity index (χ3n) is 5.16. The van der Waals surface area contributed by atoms with E-state index in [4.69, 9.17) is 4.74 Å². The van der Waals surface area contributed by atoms with Gasteiger partial charge in [0.25, 0.3) is 0 Å². The summed E-state index contributed by atoms with van der Waals surface area (Å²) in [6.45, 7) is 6.34. The molecule has 6 heteroatoms. The highest BCUT2D eigenvalue weighted by molar-refractivity contribution is 5.79. The van der Waals surface area contributed by atoms with E-state index in [-0.39, 0.29) is 24.5 Å². The van der Waals surface area contributed by atoms with E-state index in [1.54, 1.807) is 4.90 Å². The molecule has 6 nitrogen and oxygen atoms in total. The Morgan fingerprint density at radius 1 is 1.10 bits per heavy atom. The summed E-state index contributed by atoms with van der Waals surface area (Å²) >= 11 is 0. The molecule has 1 saturated heterocycles. The summed E-state index contributed by atoms with van der Waals surface area (Å²) in [4.78, 5) is 27.2. The molecule has 2 atom stereocenters. The van der Waals surface area contributed by atoms with Crippen molar-refractivity contribution in [2.75, 3.05) is 6.54 Å². The number of piperidine rings is 1. The van der Waals surface area contributed by atoms with Gasteiger partial charge in [0.15, 0.2) is 0 Å². The Morgan fingerprint density at radius 3 is 2.37 bits per heavy atom. The molecule has 0 aliphatic carbocycles. The van der Waals surface area contributed by atoms with Crippen molar-refractivity contribution in [3.05, 3.63) is 71.3 Å². The van der Waals surface area contributed by atoms with E-state index in [1.807, 2.05) is 75.4 Å². The van der Waals surface area contributed by atoms with E-state index in [2.05, 4.69) is 5.32 Å². The monoisotopic (exact) mass is 410 g/mol. The molecule has 1 heterocycles. The highest BCUT2D eigenvalue weighted by atomic mass is 16.6. The number of nitrogens with zero attached hydrogens (tertiary/aromatic N) is 1. The number of benzene rings is 2. The van der Waals surface area contributed by atoms with Crippen molar-refractivity contribution in [3.63, 3.8) is 0 Å². The number of hydrogen-bond acceptors (Lipinski definition) is 4. The Hall–Kier alpha value is -2.86. The predicted molar refractivity (Wildman–Crippen MR) is 115 cm³/mol. The number of amides is 2. The molecule has 3 rings (SSSR count). The molecule has 30 heavy (non-hydrogen) atoms. The van der Waals surface area contributed by atoms with Gasteiger partial charge in [-0.3, -0.25) is 4.79 Å². The highest BCUT2D eigenvalue weighted by Gasteiger charge is 2.36. The number of rotatable bonds is 5. The second kappa shape index (κ2) is 9.30. The van der Waals surface area contributed by atoms with E-state index < -0.39 is 11.7 Å². The SMILES string of the molecule is CC(C)(C)OC(=O)N[C@H]1CN(Cc2ccccc2)C(=O)CC1c1ccc(CO)cc1. The van der Waals surface area contributed by atoms with Crippen LogP contribution in [0.3, 0.4) is 0 Å². The third kappa shape index (κ3) is 5.83. The van der Waals surface area contributed by atoms with Crippen LogP contribution in [0.5, 0.6) is 0 Å². The maximum Gasteiger partial charge on any atom is 0.407 e. The lowest BCUT2D eigenvalue weighted by Gasteiger charge is -2.39. The smallest absolute Gasteiger partial charge is 0.407 e. The average molecular weight is 411 g/mol. The number of aliphatic hydroxyl groups is 1. The summed E-state index contributed by atoms with van der Waals surface area (Å²) in [5.74, 6) is -0.109. The molecular weight excluding hydrogens is 380 g/mol. The van der Waals surface area contributed by atoms with E-state index >= 15 is 0 Å². The topological polar surface area (TPSA) is 78.9 Å². The third-order valence-corrected chi connectivity index (χ3v) is 5.16. The highest BCUT2D eigenvalue weighted by Crippen LogP contribution is 2.30. The van der Waals surface area contributed by atoms with Gasteiger partial charge in [-0.15, -0.1) is 0 Å². The van der Waals surface area contributed by atoms with Crippen molar-refractivity contribution in [3.8, 4) is 0 Å². The lowest BCUT2D eigenvalue weighted by Crippen LogP contribution is -2.54. The minimum Gasteiger partial charge on any atom is -0.444 e. The largest absolute Gasteiger partial charge is 0.444 e. The summed E-state index contributed by atoms with van der Waals surface area (Å²) in [5.41, 5.74) is 2.22. The standard InChI is InChI=1S/C24H30N2O4/c1-24(2,3)30-23(29)25-21-15-26(14-17-7-5-4-6-8-17)22(28)13-20(21)19-11-9-18(16-27)10-12-19/h4-12,20-21,27H,13-16H2,1-3H3,(H,25,29)/t20?,21-/m0/s1. The van der Waals surface area contributed by atoms with Crippen LogP contribution in [-0.4, -0.2) is 40.2 Å². The summed E-state index contributed by atoms with van der Waals surface area (Å²) in [5, 5.41) is 12.3. The molecule has 2 aromatic carbocycles. The van der Waals surface area contributed by atoms with Crippen LogP contribution in [0.15, 0.2) is 54.6 Å². The summed E-state index contributed by atoms with van der Waals surface area (Å²) in [6.07, 6.45) is -0.190. The van der Waals surface area contributed by atoms with E-state index in [1.165, 1.54) is 0 Å². The van der Waals surface area contributed by atoms with Crippen LogP contribution >= 0.6 is 0 Å². The molecule has 2 N–H and O–H groups in total. The Balaban J connectivity index is 1.81. The average Bonchev–Trinajstić information content (AvgIpc) is 2.70. The van der Waals surface area contributed by atoms with Gasteiger partial charge in [0.05, 0.1) is 12.6 Å². The fourth-order valence-corrected chi connectivity index (χ4v) is 3.71. The van der Waals surface area contributed by atoms with Crippen LogP contribution in [-0.2, 0) is 22.7 Å². The molecule has 0 spiro atoms. The summed E-state index contributed by atoms with van der Waals surface area (Å²) in [6, 6.07) is 17.1. The normalized spacial score (nSPS) is 19.5. The van der Waals surface area contributed by atoms with Crippen LogP contribution in [0, 0.1) is 0 Å². The molecule has 0 bridgehead atoms. The van der Waals surface area contributed by atoms with Crippen molar-refractivity contribution in [1.29, 1.82) is 0 Å². The molecule has 1 aliphatic heterocycles. The van der Waals surface area contributed by atoms with Gasteiger partial charge < -0.3 is 20.1 Å². The lowest BCUT2D eigenvalue weighted by atomic mass is 9.84. The van der Waals surface area contributed by atoms with Crippen molar-refractivity contribution in [1.82, 2.24) is 10.2 Å². The molecule has 0 radical (unpaired) electrons. The zero-order chi connectivity index (χ0) is 21.7. The maximum atomic E-state index is 12.9. The molecule has 1 unspecified atom stereocenters. The Labute approximate surface area is 177 Å². The van der Waals surface area contributed by atoms with Gasteiger partial charge in [-0.1, -0.05) is 54.6 Å². The molecule has 2 amide bonds. The quantitative estimate of drug-likeness (QED) is 0.790. The molecule has 2 aromatic rings. The first-order valence-electron chi connectivity index (χ1n) is 10.3. The zero-order valence-electron chi connectivity index (χ0n) is 17.8. The van der Waals surface area contributed by atoms with Gasteiger partial charge in [-0.2, -0.15) is 0 Å². The van der Waals surface area contributed by atoms with E-state index in [0.29, 0.717) is 19.5 Å². The number of ether oxygens (including phenoxy) is 1. The first-order chi connectivity index (χ1) is 14.2. The van der Waals surface area contributed by atoms with Crippen molar-refractivity contribution >= 4 is 12.0 Å². The van der Waals surface area contributed by atoms with E-state index in [9.17, 15) is 14.7 Å². The maximum absolute atomic E-state index is 12.9. The minimum absolute atomic E-state index is 0.0334. The summed E-state index contributed by atoms with van der Waals surface area (Å²) < 4.78 is 5.45. The van der Waals surface area contributed by atoms with Gasteiger partial charge in [0.1, 0.15) is 5.60 Å². The fraction of sp³-hybridized carbons (Fsp3) is 0.417. The van der Waals surface area contributed by atoms with E-state index in [0.717, 1.165) is 16.7 Å². The van der Waals surface area contributed by atoms with Gasteiger partial charge in [0.2, 0.25) is 5.91 Å². The number of likely N-dealkylation sites (tertiary alicyclic amines) is 1. The summed E-state index contributed by atoms with van der Waals surface area (Å²) in [7, 11) is 0. The van der Waals surface area contributed by atoms with Gasteiger partial charge in [-0.25, -0.2) is 4.79 Å². The lowest BCUT2D eigenvalue weighted by molar-refractivity contribution is -0.135. The second-order valence-electron chi connectivity index (χ2n) is 8.72. The van der Waals surface area contributed by atoms with Crippen LogP contribution in [0.1, 0.15) is 49.8 Å². The van der Waals surface area contributed by atoms with Gasteiger partial charge in [0, 0.05) is 25.4 Å². The van der Waals surface area contributed by atoms with Crippen LogP contribution in [0.25, 0.3) is 0 Å².